The number of alkyl halides is 1. The Balaban J connectivity index is 1.92. The molecule has 0 radical (unpaired) electrons. The van der Waals surface area contributed by atoms with Gasteiger partial charge in [0.25, 0.3) is 0 Å². The molecule has 0 saturated carbocycles. The number of halogens is 3. The first kappa shape index (κ1) is 16.5. The van der Waals surface area contributed by atoms with Crippen molar-refractivity contribution in [1.29, 1.82) is 0 Å². The van der Waals surface area contributed by atoms with E-state index in [1.807, 2.05) is 11.4 Å². The molecule has 122 valence electrons. The van der Waals surface area contributed by atoms with E-state index in [0.29, 0.717) is 29.7 Å². The Morgan fingerprint density at radius 2 is 2.22 bits per heavy atom. The van der Waals surface area contributed by atoms with Gasteiger partial charge in [-0.2, -0.15) is 5.10 Å². The van der Waals surface area contributed by atoms with E-state index in [2.05, 4.69) is 15.4 Å². The highest BCUT2D eigenvalue weighted by atomic mass is 35.5. The van der Waals surface area contributed by atoms with E-state index in [1.165, 1.54) is 0 Å². The van der Waals surface area contributed by atoms with E-state index in [4.69, 9.17) is 23.2 Å². The Morgan fingerprint density at radius 3 is 2.91 bits per heavy atom. The molecule has 8 heteroatoms. The van der Waals surface area contributed by atoms with E-state index in [-0.39, 0.29) is 0 Å². The fourth-order valence-corrected chi connectivity index (χ4v) is 3.34. The summed E-state index contributed by atoms with van der Waals surface area (Å²) < 4.78 is 14.7. The zero-order valence-corrected chi connectivity index (χ0v) is 14.7. The summed E-state index contributed by atoms with van der Waals surface area (Å²) in [6.45, 7) is 2.13. The van der Waals surface area contributed by atoms with Crippen molar-refractivity contribution < 1.29 is 4.39 Å². The number of nitrogens with zero attached hydrogens (tertiary/aromatic N) is 3. The standard InChI is InChI=1S/C15H15Cl2FN4S/c1-9(18)2-3-10-6-12-11(20-8-14-19-4-5-23-14)7-13(16)21-22(12)15(10)17/h4-7,9,20H,2-3,8H2,1H3. The maximum absolute atomic E-state index is 13.1. The maximum atomic E-state index is 13.1. The third-order valence-corrected chi connectivity index (χ3v) is 4.82. The zero-order valence-electron chi connectivity index (χ0n) is 12.4. The van der Waals surface area contributed by atoms with Gasteiger partial charge in [-0.3, -0.25) is 0 Å². The van der Waals surface area contributed by atoms with Crippen molar-refractivity contribution in [2.24, 2.45) is 0 Å². The van der Waals surface area contributed by atoms with Crippen LogP contribution >= 0.6 is 34.5 Å². The van der Waals surface area contributed by atoms with Gasteiger partial charge in [-0.1, -0.05) is 23.2 Å². The largest absolute Gasteiger partial charge is 0.377 e. The third-order valence-electron chi connectivity index (χ3n) is 3.45. The van der Waals surface area contributed by atoms with Crippen LogP contribution in [0.5, 0.6) is 0 Å². The lowest BCUT2D eigenvalue weighted by Gasteiger charge is -2.07. The second-order valence-electron chi connectivity index (χ2n) is 5.24. The summed E-state index contributed by atoms with van der Waals surface area (Å²) in [4.78, 5) is 4.24. The van der Waals surface area contributed by atoms with Crippen LogP contribution in [0.3, 0.4) is 0 Å². The van der Waals surface area contributed by atoms with Gasteiger partial charge in [0.15, 0.2) is 5.15 Å². The zero-order chi connectivity index (χ0) is 16.4. The third kappa shape index (κ3) is 3.76. The number of anilines is 1. The second kappa shape index (κ2) is 7.03. The van der Waals surface area contributed by atoms with E-state index in [0.717, 1.165) is 21.8 Å². The first-order valence-electron chi connectivity index (χ1n) is 7.17. The van der Waals surface area contributed by atoms with Crippen LogP contribution in [0, 0.1) is 0 Å². The molecular weight excluding hydrogens is 358 g/mol. The van der Waals surface area contributed by atoms with Crippen molar-refractivity contribution in [2.75, 3.05) is 5.32 Å². The van der Waals surface area contributed by atoms with Gasteiger partial charge in [-0.15, -0.1) is 11.3 Å². The minimum atomic E-state index is -0.867. The summed E-state index contributed by atoms with van der Waals surface area (Å²) in [6, 6.07) is 3.68. The number of aromatic nitrogens is 3. The maximum Gasteiger partial charge on any atom is 0.152 e. The molecule has 0 amide bonds. The SMILES string of the molecule is CC(F)CCc1cc2c(NCc3nccs3)cc(Cl)nn2c1Cl. The molecule has 0 aliphatic heterocycles. The average Bonchev–Trinajstić information content (AvgIpc) is 3.12. The van der Waals surface area contributed by atoms with Crippen molar-refractivity contribution in [1.82, 2.24) is 14.6 Å². The highest BCUT2D eigenvalue weighted by Gasteiger charge is 2.14. The van der Waals surface area contributed by atoms with Gasteiger partial charge < -0.3 is 5.32 Å². The Morgan fingerprint density at radius 1 is 1.39 bits per heavy atom. The minimum absolute atomic E-state index is 0.335. The predicted molar refractivity (Wildman–Crippen MR) is 93.5 cm³/mol. The summed E-state index contributed by atoms with van der Waals surface area (Å²) in [5, 5.41) is 11.2. The molecule has 0 bridgehead atoms. The van der Waals surface area contributed by atoms with Crippen LogP contribution in [0.1, 0.15) is 23.9 Å². The molecule has 1 atom stereocenters. The van der Waals surface area contributed by atoms with Crippen molar-refractivity contribution in [3.63, 3.8) is 0 Å². The average molecular weight is 373 g/mol. The van der Waals surface area contributed by atoms with E-state index < -0.39 is 6.17 Å². The molecular formula is C15H15Cl2FN4S. The Bertz CT molecular complexity index is 802. The molecule has 0 spiro atoms. The summed E-state index contributed by atoms with van der Waals surface area (Å²) >= 11 is 14.0. The van der Waals surface area contributed by atoms with Gasteiger partial charge in [0.2, 0.25) is 0 Å². The van der Waals surface area contributed by atoms with Crippen LogP contribution in [-0.4, -0.2) is 20.8 Å². The fraction of sp³-hybridized carbons (Fsp3) is 0.333. The van der Waals surface area contributed by atoms with Gasteiger partial charge in [-0.25, -0.2) is 13.9 Å². The molecule has 0 aromatic carbocycles. The Labute approximate surface area is 147 Å². The van der Waals surface area contributed by atoms with Gasteiger partial charge in [0, 0.05) is 17.6 Å². The first-order chi connectivity index (χ1) is 11.0. The predicted octanol–water partition coefficient (Wildman–Crippen LogP) is 5.00. The van der Waals surface area contributed by atoms with Crippen molar-refractivity contribution in [2.45, 2.75) is 32.5 Å². The smallest absolute Gasteiger partial charge is 0.152 e. The van der Waals surface area contributed by atoms with Crippen molar-refractivity contribution in [3.05, 3.63) is 44.6 Å². The summed E-state index contributed by atoms with van der Waals surface area (Å²) in [5.41, 5.74) is 2.50. The molecule has 0 fully saturated rings. The second-order valence-corrected chi connectivity index (χ2v) is 6.96. The molecule has 3 heterocycles. The summed E-state index contributed by atoms with van der Waals surface area (Å²) in [5.74, 6) is 0. The molecule has 0 aliphatic rings. The first-order valence-corrected chi connectivity index (χ1v) is 8.81. The van der Waals surface area contributed by atoms with Gasteiger partial charge in [0.1, 0.15) is 10.2 Å². The number of fused-ring (bicyclic) bond motifs is 1. The number of thiazole rings is 1. The molecule has 3 rings (SSSR count). The molecule has 4 nitrogen and oxygen atoms in total. The van der Waals surface area contributed by atoms with Crippen LogP contribution < -0.4 is 5.32 Å². The number of hydrogen-bond donors (Lipinski definition) is 1. The Kier molecular flexibility index (Phi) is 5.04. The van der Waals surface area contributed by atoms with Crippen molar-refractivity contribution >= 4 is 45.7 Å². The van der Waals surface area contributed by atoms with Gasteiger partial charge in [0.05, 0.1) is 23.9 Å². The molecule has 0 saturated heterocycles. The molecule has 1 N–H and O–H groups in total. The highest BCUT2D eigenvalue weighted by Crippen LogP contribution is 2.29. The van der Waals surface area contributed by atoms with Crippen LogP contribution in [0.4, 0.5) is 10.1 Å². The lowest BCUT2D eigenvalue weighted by atomic mass is 10.1. The normalized spacial score (nSPS) is 12.7. The summed E-state index contributed by atoms with van der Waals surface area (Å²) in [7, 11) is 0. The number of nitrogens with one attached hydrogen (secondary N) is 1. The lowest BCUT2D eigenvalue weighted by Crippen LogP contribution is -2.02. The van der Waals surface area contributed by atoms with Crippen LogP contribution in [0.25, 0.3) is 5.52 Å². The van der Waals surface area contributed by atoms with E-state index >= 15 is 0 Å². The lowest BCUT2D eigenvalue weighted by molar-refractivity contribution is 0.341. The molecule has 23 heavy (non-hydrogen) atoms. The van der Waals surface area contributed by atoms with Crippen LogP contribution in [0.15, 0.2) is 23.7 Å². The summed E-state index contributed by atoms with van der Waals surface area (Å²) in [6.07, 6.45) is 1.88. The van der Waals surface area contributed by atoms with Crippen LogP contribution in [-0.2, 0) is 13.0 Å². The number of hydrogen-bond acceptors (Lipinski definition) is 4. The van der Waals surface area contributed by atoms with E-state index in [9.17, 15) is 4.39 Å². The number of rotatable bonds is 6. The van der Waals surface area contributed by atoms with Crippen molar-refractivity contribution in [3.8, 4) is 0 Å². The molecule has 0 aliphatic carbocycles. The van der Waals surface area contributed by atoms with E-state index in [1.54, 1.807) is 35.0 Å². The Hall–Kier alpha value is -1.37. The topological polar surface area (TPSA) is 42.2 Å². The van der Waals surface area contributed by atoms with Gasteiger partial charge >= 0.3 is 0 Å². The molecule has 3 aromatic rings. The fourth-order valence-electron chi connectivity index (χ4n) is 2.32. The number of aryl methyl sites for hydroxylation is 1. The minimum Gasteiger partial charge on any atom is -0.377 e. The highest BCUT2D eigenvalue weighted by molar-refractivity contribution is 7.09. The van der Waals surface area contributed by atoms with Gasteiger partial charge in [-0.05, 0) is 31.4 Å². The van der Waals surface area contributed by atoms with Crippen LogP contribution in [0.2, 0.25) is 10.3 Å². The molecule has 3 aromatic heterocycles. The quantitative estimate of drug-likeness (QED) is 0.661. The monoisotopic (exact) mass is 372 g/mol. The molecule has 1 unspecified atom stereocenters.